The van der Waals surface area contributed by atoms with Crippen molar-refractivity contribution in [3.05, 3.63) is 59.4 Å². The van der Waals surface area contributed by atoms with Crippen molar-refractivity contribution >= 4 is 28.9 Å². The Bertz CT molecular complexity index is 587. The Morgan fingerprint density at radius 1 is 1.10 bits per heavy atom. The molecule has 0 bridgehead atoms. The average Bonchev–Trinajstić information content (AvgIpc) is 2.43. The van der Waals surface area contributed by atoms with Crippen LogP contribution in [0.1, 0.15) is 6.42 Å². The van der Waals surface area contributed by atoms with Crippen LogP contribution < -0.4 is 10.6 Å². The third kappa shape index (κ3) is 4.24. The molecule has 104 valence electrons. The van der Waals surface area contributed by atoms with Crippen LogP contribution in [0.15, 0.2) is 48.5 Å². The van der Waals surface area contributed by atoms with Crippen molar-refractivity contribution in [3.8, 4) is 0 Å². The van der Waals surface area contributed by atoms with Crippen LogP contribution in [0.3, 0.4) is 0 Å². The van der Waals surface area contributed by atoms with Crippen LogP contribution in [0, 0.1) is 5.82 Å². The van der Waals surface area contributed by atoms with Gasteiger partial charge in [0.1, 0.15) is 5.82 Å². The van der Waals surface area contributed by atoms with Gasteiger partial charge in [0.15, 0.2) is 0 Å². The molecule has 0 aliphatic heterocycles. The monoisotopic (exact) mass is 292 g/mol. The van der Waals surface area contributed by atoms with Crippen molar-refractivity contribution in [1.82, 2.24) is 0 Å². The van der Waals surface area contributed by atoms with E-state index in [2.05, 4.69) is 10.6 Å². The van der Waals surface area contributed by atoms with Gasteiger partial charge in [0.25, 0.3) is 0 Å². The standard InChI is InChI=1S/C15H14ClFN2O/c16-13-3-1-2-4-14(13)18-10-9-15(20)19-12-7-5-11(17)6-8-12/h1-8,18H,9-10H2,(H,19,20). The maximum atomic E-state index is 12.7. The molecule has 2 aromatic carbocycles. The number of rotatable bonds is 5. The zero-order valence-electron chi connectivity index (χ0n) is 10.7. The molecule has 0 aliphatic carbocycles. The molecule has 0 aromatic heterocycles. The maximum Gasteiger partial charge on any atom is 0.226 e. The number of amides is 1. The highest BCUT2D eigenvalue weighted by Crippen LogP contribution is 2.20. The van der Waals surface area contributed by atoms with E-state index in [1.807, 2.05) is 18.2 Å². The molecule has 0 heterocycles. The molecular formula is C15H14ClFN2O. The molecule has 3 nitrogen and oxygen atoms in total. The molecule has 1 amide bonds. The quantitative estimate of drug-likeness (QED) is 0.877. The highest BCUT2D eigenvalue weighted by molar-refractivity contribution is 6.33. The van der Waals surface area contributed by atoms with Gasteiger partial charge in [-0.2, -0.15) is 0 Å². The lowest BCUT2D eigenvalue weighted by atomic mass is 10.3. The van der Waals surface area contributed by atoms with Crippen molar-refractivity contribution in [3.63, 3.8) is 0 Å². The van der Waals surface area contributed by atoms with Crippen LogP contribution in [-0.4, -0.2) is 12.5 Å². The zero-order valence-corrected chi connectivity index (χ0v) is 11.5. The molecule has 0 unspecified atom stereocenters. The van der Waals surface area contributed by atoms with Gasteiger partial charge < -0.3 is 10.6 Å². The van der Waals surface area contributed by atoms with Gasteiger partial charge in [0.2, 0.25) is 5.91 Å². The Hall–Kier alpha value is -2.07. The first-order valence-electron chi connectivity index (χ1n) is 6.19. The number of carbonyl (C=O) groups is 1. The van der Waals surface area contributed by atoms with Gasteiger partial charge in [-0.3, -0.25) is 4.79 Å². The summed E-state index contributed by atoms with van der Waals surface area (Å²) in [5.41, 5.74) is 1.37. The number of nitrogens with one attached hydrogen (secondary N) is 2. The number of benzene rings is 2. The van der Waals surface area contributed by atoms with Crippen LogP contribution in [-0.2, 0) is 4.79 Å². The van der Waals surface area contributed by atoms with Crippen molar-refractivity contribution in [2.75, 3.05) is 17.2 Å². The van der Waals surface area contributed by atoms with Gasteiger partial charge in [-0.1, -0.05) is 23.7 Å². The Morgan fingerprint density at radius 2 is 1.80 bits per heavy atom. The van der Waals surface area contributed by atoms with E-state index in [4.69, 9.17) is 11.6 Å². The van der Waals surface area contributed by atoms with Gasteiger partial charge in [-0.25, -0.2) is 4.39 Å². The topological polar surface area (TPSA) is 41.1 Å². The van der Waals surface area contributed by atoms with Crippen LogP contribution in [0.25, 0.3) is 0 Å². The second-order valence-electron chi connectivity index (χ2n) is 4.21. The van der Waals surface area contributed by atoms with Crippen molar-refractivity contribution in [1.29, 1.82) is 0 Å². The Kier molecular flexibility index (Phi) is 4.96. The fourth-order valence-corrected chi connectivity index (χ4v) is 1.87. The fourth-order valence-electron chi connectivity index (χ4n) is 1.67. The number of para-hydroxylation sites is 1. The number of halogens is 2. The van der Waals surface area contributed by atoms with E-state index < -0.39 is 0 Å². The molecule has 2 N–H and O–H groups in total. The van der Waals surface area contributed by atoms with Gasteiger partial charge in [0, 0.05) is 18.7 Å². The minimum Gasteiger partial charge on any atom is -0.383 e. The smallest absolute Gasteiger partial charge is 0.226 e. The minimum absolute atomic E-state index is 0.142. The summed E-state index contributed by atoms with van der Waals surface area (Å²) in [6.07, 6.45) is 0.294. The SMILES string of the molecule is O=C(CCNc1ccccc1Cl)Nc1ccc(F)cc1. The predicted molar refractivity (Wildman–Crippen MR) is 79.6 cm³/mol. The molecule has 20 heavy (non-hydrogen) atoms. The van der Waals surface area contributed by atoms with Gasteiger partial charge >= 0.3 is 0 Å². The molecule has 0 saturated heterocycles. The number of hydrogen-bond acceptors (Lipinski definition) is 2. The second-order valence-corrected chi connectivity index (χ2v) is 4.62. The average molecular weight is 293 g/mol. The molecule has 0 saturated carbocycles. The van der Waals surface area contributed by atoms with E-state index in [1.165, 1.54) is 24.3 Å². The van der Waals surface area contributed by atoms with Gasteiger partial charge in [-0.15, -0.1) is 0 Å². The largest absolute Gasteiger partial charge is 0.383 e. The van der Waals surface area contributed by atoms with Crippen LogP contribution >= 0.6 is 11.6 Å². The summed E-state index contributed by atoms with van der Waals surface area (Å²) in [5.74, 6) is -0.473. The Morgan fingerprint density at radius 3 is 2.50 bits per heavy atom. The van der Waals surface area contributed by atoms with Crippen molar-refractivity contribution in [2.24, 2.45) is 0 Å². The molecule has 2 rings (SSSR count). The van der Waals surface area contributed by atoms with Crippen molar-refractivity contribution < 1.29 is 9.18 Å². The number of carbonyl (C=O) groups excluding carboxylic acids is 1. The molecule has 0 radical (unpaired) electrons. The number of anilines is 2. The molecule has 2 aromatic rings. The minimum atomic E-state index is -0.330. The summed E-state index contributed by atoms with van der Waals surface area (Å²) in [5, 5.41) is 6.39. The third-order valence-corrected chi connectivity index (χ3v) is 3.00. The summed E-state index contributed by atoms with van der Waals surface area (Å²) in [7, 11) is 0. The first-order valence-corrected chi connectivity index (χ1v) is 6.57. The summed E-state index contributed by atoms with van der Waals surface area (Å²) < 4.78 is 12.7. The summed E-state index contributed by atoms with van der Waals surface area (Å²) in [6.45, 7) is 0.469. The lowest BCUT2D eigenvalue weighted by molar-refractivity contribution is -0.115. The van der Waals surface area contributed by atoms with Crippen LogP contribution in [0.4, 0.5) is 15.8 Å². The van der Waals surface area contributed by atoms with E-state index in [0.717, 1.165) is 5.69 Å². The second kappa shape index (κ2) is 6.91. The van der Waals surface area contributed by atoms with Gasteiger partial charge in [0.05, 0.1) is 10.7 Å². The Balaban J connectivity index is 1.78. The first-order chi connectivity index (χ1) is 9.65. The fraction of sp³-hybridized carbons (Fsp3) is 0.133. The van der Waals surface area contributed by atoms with Crippen LogP contribution in [0.2, 0.25) is 5.02 Å². The van der Waals surface area contributed by atoms with E-state index in [9.17, 15) is 9.18 Å². The maximum absolute atomic E-state index is 12.7. The zero-order chi connectivity index (χ0) is 14.4. The summed E-state index contributed by atoms with van der Waals surface area (Å²) >= 11 is 5.99. The lowest BCUT2D eigenvalue weighted by Gasteiger charge is -2.08. The van der Waals surface area contributed by atoms with Crippen LogP contribution in [0.5, 0.6) is 0 Å². The summed E-state index contributed by atoms with van der Waals surface area (Å²) in [6, 6.07) is 13.0. The molecule has 0 fully saturated rings. The lowest BCUT2D eigenvalue weighted by Crippen LogP contribution is -2.16. The third-order valence-electron chi connectivity index (χ3n) is 2.67. The van der Waals surface area contributed by atoms with E-state index in [0.29, 0.717) is 23.7 Å². The van der Waals surface area contributed by atoms with E-state index >= 15 is 0 Å². The highest BCUT2D eigenvalue weighted by atomic mass is 35.5. The summed E-state index contributed by atoms with van der Waals surface area (Å²) in [4.78, 5) is 11.7. The highest BCUT2D eigenvalue weighted by Gasteiger charge is 2.03. The first kappa shape index (κ1) is 14.3. The van der Waals surface area contributed by atoms with E-state index in [1.54, 1.807) is 6.07 Å². The van der Waals surface area contributed by atoms with E-state index in [-0.39, 0.29) is 11.7 Å². The number of hydrogen-bond donors (Lipinski definition) is 2. The molecular weight excluding hydrogens is 279 g/mol. The molecule has 0 aliphatic rings. The predicted octanol–water partition coefficient (Wildman–Crippen LogP) is 3.92. The van der Waals surface area contributed by atoms with Crippen molar-refractivity contribution in [2.45, 2.75) is 6.42 Å². The molecule has 5 heteroatoms. The molecule has 0 atom stereocenters. The molecule has 0 spiro atoms. The van der Waals surface area contributed by atoms with Gasteiger partial charge in [-0.05, 0) is 36.4 Å². The normalized spacial score (nSPS) is 10.1. The Labute approximate surface area is 121 Å².